The predicted molar refractivity (Wildman–Crippen MR) is 128 cm³/mol. The molecule has 0 spiro atoms. The van der Waals surface area contributed by atoms with Gasteiger partial charge in [0, 0.05) is 48.2 Å². The highest BCUT2D eigenvalue weighted by Crippen LogP contribution is 2.37. The monoisotopic (exact) mass is 467 g/mol. The Morgan fingerprint density at radius 2 is 1.94 bits per heavy atom. The van der Waals surface area contributed by atoms with Crippen LogP contribution in [-0.2, 0) is 4.74 Å². The zero-order valence-corrected chi connectivity index (χ0v) is 19.9. The number of carbonyl (C=O) groups is 1. The Balaban J connectivity index is 1.42. The molecule has 2 aliphatic heterocycles. The van der Waals surface area contributed by atoms with E-state index < -0.39 is 0 Å². The van der Waals surface area contributed by atoms with Crippen LogP contribution in [0.1, 0.15) is 51.3 Å². The number of ether oxygens (including phenoxy) is 1. The van der Waals surface area contributed by atoms with Crippen molar-refractivity contribution >= 4 is 23.5 Å². The summed E-state index contributed by atoms with van der Waals surface area (Å²) < 4.78 is 7.64. The molecule has 2 aromatic heterocycles. The molecule has 2 saturated heterocycles. The number of amides is 1. The smallest absolute Gasteiger partial charge is 0.410 e. The van der Waals surface area contributed by atoms with Crippen molar-refractivity contribution in [2.45, 2.75) is 57.7 Å². The van der Waals surface area contributed by atoms with Gasteiger partial charge >= 0.3 is 6.09 Å². The first-order valence-corrected chi connectivity index (χ1v) is 12.2. The molecule has 33 heavy (non-hydrogen) atoms. The van der Waals surface area contributed by atoms with Crippen molar-refractivity contribution in [3.8, 4) is 11.3 Å². The summed E-state index contributed by atoms with van der Waals surface area (Å²) in [4.78, 5) is 26.6. The fourth-order valence-corrected chi connectivity index (χ4v) is 5.35. The van der Waals surface area contributed by atoms with Gasteiger partial charge in [0.15, 0.2) is 0 Å². The Morgan fingerprint density at radius 1 is 1.21 bits per heavy atom. The van der Waals surface area contributed by atoms with E-state index in [9.17, 15) is 4.79 Å². The van der Waals surface area contributed by atoms with E-state index in [2.05, 4.69) is 28.1 Å². The van der Waals surface area contributed by atoms with Gasteiger partial charge in [0.1, 0.15) is 0 Å². The Hall–Kier alpha value is -2.64. The number of likely N-dealkylation sites (tertiary alicyclic amines) is 1. The van der Waals surface area contributed by atoms with E-state index in [1.54, 1.807) is 6.20 Å². The molecule has 2 fully saturated rings. The molecule has 3 atom stereocenters. The molecule has 2 bridgehead atoms. The van der Waals surface area contributed by atoms with Crippen LogP contribution in [0.15, 0.2) is 42.7 Å². The molecule has 174 valence electrons. The van der Waals surface area contributed by atoms with Gasteiger partial charge in [-0.15, -0.1) is 0 Å². The maximum atomic E-state index is 12.7. The summed E-state index contributed by atoms with van der Waals surface area (Å²) >= 11 is 6.13. The molecular weight excluding hydrogens is 438 g/mol. The first kappa shape index (κ1) is 22.2. The zero-order valence-electron chi connectivity index (χ0n) is 19.2. The van der Waals surface area contributed by atoms with Crippen LogP contribution in [0.3, 0.4) is 0 Å². The fraction of sp³-hybridized carbons (Fsp3) is 0.480. The van der Waals surface area contributed by atoms with E-state index in [0.29, 0.717) is 17.4 Å². The molecule has 0 saturated carbocycles. The highest BCUT2D eigenvalue weighted by Gasteiger charge is 2.45. The maximum Gasteiger partial charge on any atom is 0.410 e. The standard InChI is InChI=1S/C25H30ClN5O2/c1-3-4-14-33-25(32)31-20-10-11-21(31)16-29(15-20)17(2)23-22(18-6-8-19(26)9-7-18)28-24-27-12-5-13-30(23)24/h5-9,12-13,17,20-21H,3-4,10-11,14-16H2,1-2H3. The molecule has 1 aromatic carbocycles. The lowest BCUT2D eigenvalue weighted by Gasteiger charge is -2.42. The Morgan fingerprint density at radius 3 is 2.64 bits per heavy atom. The minimum atomic E-state index is -0.149. The predicted octanol–water partition coefficient (Wildman–Crippen LogP) is 5.20. The van der Waals surface area contributed by atoms with Crippen molar-refractivity contribution in [1.29, 1.82) is 0 Å². The van der Waals surface area contributed by atoms with Crippen molar-refractivity contribution in [3.05, 3.63) is 53.4 Å². The van der Waals surface area contributed by atoms with Crippen LogP contribution in [0, 0.1) is 0 Å². The molecule has 5 rings (SSSR count). The average Bonchev–Trinajstić information content (AvgIpc) is 3.33. The van der Waals surface area contributed by atoms with Crippen molar-refractivity contribution < 1.29 is 9.53 Å². The number of halogens is 1. The van der Waals surface area contributed by atoms with Gasteiger partial charge in [-0.3, -0.25) is 14.2 Å². The van der Waals surface area contributed by atoms with E-state index in [-0.39, 0.29) is 24.2 Å². The lowest BCUT2D eigenvalue weighted by molar-refractivity contribution is 0.0283. The molecule has 3 unspecified atom stereocenters. The topological polar surface area (TPSA) is 63.0 Å². The number of nitrogens with zero attached hydrogens (tertiary/aromatic N) is 5. The number of hydrogen-bond acceptors (Lipinski definition) is 5. The van der Waals surface area contributed by atoms with Gasteiger partial charge in [0.2, 0.25) is 5.78 Å². The fourth-order valence-electron chi connectivity index (χ4n) is 5.23. The molecule has 2 aliphatic rings. The second-order valence-corrected chi connectivity index (χ2v) is 9.47. The number of fused-ring (bicyclic) bond motifs is 3. The second-order valence-electron chi connectivity index (χ2n) is 9.03. The highest BCUT2D eigenvalue weighted by atomic mass is 35.5. The number of benzene rings is 1. The SMILES string of the molecule is CCCCOC(=O)N1C2CCC1CN(C(C)c1c(-c3ccc(Cl)cc3)nc3ncccn13)C2. The van der Waals surface area contributed by atoms with E-state index >= 15 is 0 Å². The number of imidazole rings is 1. The summed E-state index contributed by atoms with van der Waals surface area (Å²) in [6.07, 6.45) is 7.63. The molecule has 3 aromatic rings. The highest BCUT2D eigenvalue weighted by molar-refractivity contribution is 6.30. The van der Waals surface area contributed by atoms with E-state index in [0.717, 1.165) is 55.7 Å². The van der Waals surface area contributed by atoms with Crippen LogP contribution in [0.25, 0.3) is 17.0 Å². The maximum absolute atomic E-state index is 12.7. The van der Waals surface area contributed by atoms with Gasteiger partial charge in [0.25, 0.3) is 0 Å². The molecule has 8 heteroatoms. The number of carbonyl (C=O) groups excluding carboxylic acids is 1. The average molecular weight is 468 g/mol. The number of rotatable bonds is 6. The summed E-state index contributed by atoms with van der Waals surface area (Å²) in [5, 5.41) is 0.703. The third-order valence-electron chi connectivity index (χ3n) is 6.95. The molecule has 1 amide bonds. The zero-order chi connectivity index (χ0) is 22.9. The minimum absolute atomic E-state index is 0.108. The minimum Gasteiger partial charge on any atom is -0.449 e. The number of piperazine rings is 1. The van der Waals surface area contributed by atoms with Crippen LogP contribution >= 0.6 is 11.6 Å². The van der Waals surface area contributed by atoms with E-state index in [1.807, 2.05) is 41.4 Å². The lowest BCUT2D eigenvalue weighted by Crippen LogP contribution is -2.56. The van der Waals surface area contributed by atoms with Crippen molar-refractivity contribution in [2.75, 3.05) is 19.7 Å². The number of aromatic nitrogens is 3. The van der Waals surface area contributed by atoms with Gasteiger partial charge in [-0.1, -0.05) is 37.1 Å². The summed E-state index contributed by atoms with van der Waals surface area (Å²) in [5.74, 6) is 0.686. The molecule has 0 aliphatic carbocycles. The summed E-state index contributed by atoms with van der Waals surface area (Å²) in [6, 6.07) is 10.2. The third kappa shape index (κ3) is 4.20. The summed E-state index contributed by atoms with van der Waals surface area (Å²) in [7, 11) is 0. The molecular formula is C25H30ClN5O2. The Kier molecular flexibility index (Phi) is 6.25. The molecule has 7 nitrogen and oxygen atoms in total. The quantitative estimate of drug-likeness (QED) is 0.466. The van der Waals surface area contributed by atoms with Gasteiger partial charge < -0.3 is 4.74 Å². The first-order chi connectivity index (χ1) is 16.1. The largest absolute Gasteiger partial charge is 0.449 e. The van der Waals surface area contributed by atoms with E-state index in [1.165, 1.54) is 0 Å². The lowest BCUT2D eigenvalue weighted by atomic mass is 10.0. The third-order valence-corrected chi connectivity index (χ3v) is 7.20. The van der Waals surface area contributed by atoms with Crippen molar-refractivity contribution in [2.24, 2.45) is 0 Å². The number of unbranched alkanes of at least 4 members (excludes halogenated alkanes) is 1. The number of hydrogen-bond donors (Lipinski definition) is 0. The van der Waals surface area contributed by atoms with Gasteiger partial charge in [-0.2, -0.15) is 0 Å². The molecule has 0 N–H and O–H groups in total. The summed E-state index contributed by atoms with van der Waals surface area (Å²) in [6.45, 7) is 6.49. The van der Waals surface area contributed by atoms with Crippen molar-refractivity contribution in [3.63, 3.8) is 0 Å². The van der Waals surface area contributed by atoms with Crippen LogP contribution < -0.4 is 0 Å². The molecule has 4 heterocycles. The normalized spacial score (nSPS) is 21.5. The van der Waals surface area contributed by atoms with Crippen LogP contribution in [-0.4, -0.2) is 62.0 Å². The Bertz CT molecular complexity index is 1120. The van der Waals surface area contributed by atoms with Crippen LogP contribution in [0.2, 0.25) is 5.02 Å². The van der Waals surface area contributed by atoms with Gasteiger partial charge in [-0.25, -0.2) is 14.8 Å². The first-order valence-electron chi connectivity index (χ1n) is 11.8. The van der Waals surface area contributed by atoms with Crippen molar-refractivity contribution in [1.82, 2.24) is 24.2 Å². The van der Waals surface area contributed by atoms with E-state index in [4.69, 9.17) is 21.3 Å². The Labute approximate surface area is 199 Å². The van der Waals surface area contributed by atoms with Gasteiger partial charge in [-0.05, 0) is 44.4 Å². The van der Waals surface area contributed by atoms with Crippen LogP contribution in [0.5, 0.6) is 0 Å². The second kappa shape index (κ2) is 9.31. The van der Waals surface area contributed by atoms with Crippen LogP contribution in [0.4, 0.5) is 4.79 Å². The van der Waals surface area contributed by atoms with Gasteiger partial charge in [0.05, 0.1) is 24.0 Å². The summed E-state index contributed by atoms with van der Waals surface area (Å²) in [5.41, 5.74) is 3.05. The molecule has 0 radical (unpaired) electrons.